The summed E-state index contributed by atoms with van der Waals surface area (Å²) in [6, 6.07) is 5.92. The van der Waals surface area contributed by atoms with Gasteiger partial charge < -0.3 is 14.7 Å². The first-order valence-electron chi connectivity index (χ1n) is 9.07. The molecule has 0 spiro atoms. The summed E-state index contributed by atoms with van der Waals surface area (Å²) < 4.78 is 30.9. The van der Waals surface area contributed by atoms with Crippen molar-refractivity contribution in [2.24, 2.45) is 5.92 Å². The first kappa shape index (κ1) is 20.7. The van der Waals surface area contributed by atoms with E-state index in [0.29, 0.717) is 11.6 Å². The average molecular weight is 407 g/mol. The molecule has 29 heavy (non-hydrogen) atoms. The zero-order valence-electron chi connectivity index (χ0n) is 16.6. The lowest BCUT2D eigenvalue weighted by Crippen LogP contribution is -2.22. The maximum Gasteiger partial charge on any atom is 0.387 e. The van der Waals surface area contributed by atoms with Crippen molar-refractivity contribution in [3.05, 3.63) is 45.9 Å². The molecule has 1 unspecified atom stereocenters. The largest absolute Gasteiger partial charge is 0.435 e. The summed E-state index contributed by atoms with van der Waals surface area (Å²) in [7, 11) is 3.50. The molecule has 1 atom stereocenters. The lowest BCUT2D eigenvalue weighted by atomic mass is 9.96. The number of H-pyrrole nitrogens is 1. The molecule has 0 amide bonds. The van der Waals surface area contributed by atoms with Crippen LogP contribution in [0.25, 0.3) is 11.0 Å². The molecule has 2 N–H and O–H groups in total. The van der Waals surface area contributed by atoms with Crippen molar-refractivity contribution in [1.82, 2.24) is 19.7 Å². The molecule has 0 saturated heterocycles. The topological polar surface area (TPSA) is 96.3 Å². The molecule has 0 fully saturated rings. The molecule has 3 rings (SSSR count). The van der Waals surface area contributed by atoms with Gasteiger partial charge in [0.25, 0.3) is 5.56 Å². The maximum atomic E-state index is 12.6. The second-order valence-corrected chi connectivity index (χ2v) is 7.17. The summed E-state index contributed by atoms with van der Waals surface area (Å²) in [5, 5.41) is 14.4. The van der Waals surface area contributed by atoms with Crippen LogP contribution in [-0.4, -0.2) is 45.6 Å². The van der Waals surface area contributed by atoms with Gasteiger partial charge in [0.15, 0.2) is 5.65 Å². The second-order valence-electron chi connectivity index (χ2n) is 7.17. The van der Waals surface area contributed by atoms with E-state index in [2.05, 4.69) is 19.8 Å². The summed E-state index contributed by atoms with van der Waals surface area (Å²) in [6.07, 6.45) is 0. The van der Waals surface area contributed by atoms with Gasteiger partial charge in [-0.05, 0) is 23.6 Å². The number of alkyl halides is 2. The van der Waals surface area contributed by atoms with Crippen LogP contribution in [0.3, 0.4) is 0 Å². The highest BCUT2D eigenvalue weighted by Crippen LogP contribution is 2.31. The molecular formula is C19H23F2N5O3. The molecule has 156 valence electrons. The minimum Gasteiger partial charge on any atom is -0.435 e. The van der Waals surface area contributed by atoms with E-state index in [1.54, 1.807) is 35.8 Å². The smallest absolute Gasteiger partial charge is 0.387 e. The van der Waals surface area contributed by atoms with Gasteiger partial charge in [-0.1, -0.05) is 26.0 Å². The standard InChI is InChI=1S/C19H23F2N5O3/c1-10(2)15(11-5-7-12(8-6-11)29-18(20)21)26-16-14(13(9-27)24-26)17(28)23-19(22-16)25(3)4/h5-8,10,15,18,27H,9H2,1-4H3,(H,22,23,28). The SMILES string of the molecule is CC(C)C(c1ccc(OC(F)F)cc1)n1nc(CO)c2c(=O)[nH]c(N(C)C)nc21. The number of nitrogens with zero attached hydrogens (tertiary/aromatic N) is 4. The summed E-state index contributed by atoms with van der Waals surface area (Å²) >= 11 is 0. The van der Waals surface area contributed by atoms with Crippen LogP contribution in [0.15, 0.2) is 29.1 Å². The molecule has 0 aliphatic heterocycles. The van der Waals surface area contributed by atoms with Gasteiger partial charge >= 0.3 is 6.61 Å². The molecule has 3 aromatic rings. The Morgan fingerprint density at radius 3 is 2.41 bits per heavy atom. The average Bonchev–Trinajstić information content (AvgIpc) is 3.01. The number of anilines is 1. The number of aliphatic hydroxyl groups is 1. The minimum absolute atomic E-state index is 0.0235. The Kier molecular flexibility index (Phi) is 5.83. The number of aromatic nitrogens is 4. The summed E-state index contributed by atoms with van der Waals surface area (Å²) in [6.45, 7) is 0.631. The molecule has 2 aromatic heterocycles. The van der Waals surface area contributed by atoms with E-state index in [4.69, 9.17) is 0 Å². The highest BCUT2D eigenvalue weighted by molar-refractivity contribution is 5.78. The third-order valence-corrected chi connectivity index (χ3v) is 4.54. The van der Waals surface area contributed by atoms with Gasteiger partial charge in [-0.3, -0.25) is 9.78 Å². The fourth-order valence-corrected chi connectivity index (χ4v) is 3.27. The van der Waals surface area contributed by atoms with Crippen LogP contribution in [0.5, 0.6) is 5.75 Å². The number of ether oxygens (including phenoxy) is 1. The highest BCUT2D eigenvalue weighted by atomic mass is 19.3. The van der Waals surface area contributed by atoms with Crippen LogP contribution in [0.1, 0.15) is 31.1 Å². The molecule has 2 heterocycles. The Morgan fingerprint density at radius 1 is 1.24 bits per heavy atom. The van der Waals surface area contributed by atoms with E-state index in [1.165, 1.54) is 12.1 Å². The highest BCUT2D eigenvalue weighted by Gasteiger charge is 2.26. The van der Waals surface area contributed by atoms with E-state index < -0.39 is 18.8 Å². The lowest BCUT2D eigenvalue weighted by Gasteiger charge is -2.23. The number of nitrogens with one attached hydrogen (secondary N) is 1. The summed E-state index contributed by atoms with van der Waals surface area (Å²) in [5.74, 6) is 0.434. The number of benzene rings is 1. The number of hydrogen-bond donors (Lipinski definition) is 2. The molecule has 0 saturated carbocycles. The Labute approximate surface area is 165 Å². The predicted molar refractivity (Wildman–Crippen MR) is 104 cm³/mol. The van der Waals surface area contributed by atoms with Crippen molar-refractivity contribution in [2.45, 2.75) is 33.1 Å². The van der Waals surface area contributed by atoms with Crippen molar-refractivity contribution in [2.75, 3.05) is 19.0 Å². The zero-order valence-corrected chi connectivity index (χ0v) is 16.6. The Hall–Kier alpha value is -3.01. The van der Waals surface area contributed by atoms with E-state index in [-0.39, 0.29) is 28.8 Å². The van der Waals surface area contributed by atoms with Crippen molar-refractivity contribution >= 4 is 17.0 Å². The first-order chi connectivity index (χ1) is 13.7. The second kappa shape index (κ2) is 8.16. The Morgan fingerprint density at radius 2 is 1.90 bits per heavy atom. The van der Waals surface area contributed by atoms with Gasteiger partial charge in [-0.15, -0.1) is 0 Å². The first-order valence-corrected chi connectivity index (χ1v) is 9.07. The number of hydrogen-bond acceptors (Lipinski definition) is 6. The monoisotopic (exact) mass is 407 g/mol. The van der Waals surface area contributed by atoms with Crippen molar-refractivity contribution in [1.29, 1.82) is 0 Å². The fourth-order valence-electron chi connectivity index (χ4n) is 3.27. The van der Waals surface area contributed by atoms with Crippen LogP contribution < -0.4 is 15.2 Å². The number of rotatable bonds is 7. The molecule has 0 aliphatic carbocycles. The van der Waals surface area contributed by atoms with E-state index in [1.807, 2.05) is 13.8 Å². The Bertz CT molecular complexity index is 1040. The molecule has 0 bridgehead atoms. The molecule has 0 radical (unpaired) electrons. The normalized spacial score (nSPS) is 12.7. The van der Waals surface area contributed by atoms with E-state index >= 15 is 0 Å². The van der Waals surface area contributed by atoms with Gasteiger partial charge in [0.1, 0.15) is 16.8 Å². The zero-order chi connectivity index (χ0) is 21.3. The van der Waals surface area contributed by atoms with Crippen LogP contribution in [-0.2, 0) is 6.61 Å². The molecule has 10 heteroatoms. The maximum absolute atomic E-state index is 12.6. The van der Waals surface area contributed by atoms with Gasteiger partial charge in [-0.25, -0.2) is 4.68 Å². The third-order valence-electron chi connectivity index (χ3n) is 4.54. The van der Waals surface area contributed by atoms with Gasteiger partial charge in [-0.2, -0.15) is 18.9 Å². The van der Waals surface area contributed by atoms with Crippen LogP contribution >= 0.6 is 0 Å². The van der Waals surface area contributed by atoms with Gasteiger partial charge in [0, 0.05) is 14.1 Å². The van der Waals surface area contributed by atoms with Gasteiger partial charge in [0.2, 0.25) is 5.95 Å². The van der Waals surface area contributed by atoms with Crippen molar-refractivity contribution in [3.63, 3.8) is 0 Å². The third kappa shape index (κ3) is 4.07. The van der Waals surface area contributed by atoms with Crippen molar-refractivity contribution < 1.29 is 18.6 Å². The van der Waals surface area contributed by atoms with Gasteiger partial charge in [0.05, 0.1) is 12.6 Å². The van der Waals surface area contributed by atoms with E-state index in [9.17, 15) is 18.7 Å². The van der Waals surface area contributed by atoms with Crippen molar-refractivity contribution in [3.8, 4) is 5.75 Å². The molecule has 0 aliphatic rings. The van der Waals surface area contributed by atoms with Crippen LogP contribution in [0.4, 0.5) is 14.7 Å². The number of fused-ring (bicyclic) bond motifs is 1. The minimum atomic E-state index is -2.90. The molecule has 1 aromatic carbocycles. The van der Waals surface area contributed by atoms with E-state index in [0.717, 1.165) is 5.56 Å². The fraction of sp³-hybridized carbons (Fsp3) is 0.421. The molecule has 8 nitrogen and oxygen atoms in total. The number of halogens is 2. The number of aromatic amines is 1. The Balaban J connectivity index is 2.18. The predicted octanol–water partition coefficient (Wildman–Crippen LogP) is 2.52. The lowest BCUT2D eigenvalue weighted by molar-refractivity contribution is -0.0498. The summed E-state index contributed by atoms with van der Waals surface area (Å²) in [5.41, 5.74) is 0.955. The number of aliphatic hydroxyl groups excluding tert-OH is 1. The quantitative estimate of drug-likeness (QED) is 0.625. The van der Waals surface area contributed by atoms with Crippen LogP contribution in [0.2, 0.25) is 0 Å². The molecular weight excluding hydrogens is 384 g/mol. The summed E-state index contributed by atoms with van der Waals surface area (Å²) in [4.78, 5) is 21.5. The van der Waals surface area contributed by atoms with Crippen LogP contribution in [0, 0.1) is 5.92 Å².